The number of aliphatic hydroxyl groups is 1. The third-order valence-electron chi connectivity index (χ3n) is 3.30. The topological polar surface area (TPSA) is 61.8 Å². The number of nitrogens with zero attached hydrogens (tertiary/aromatic N) is 1. The van der Waals surface area contributed by atoms with Crippen LogP contribution in [-0.4, -0.2) is 44.4 Å². The molecule has 1 heterocycles. The first kappa shape index (κ1) is 14.0. The zero-order valence-electron chi connectivity index (χ0n) is 11.1. The molecule has 0 aliphatic carbocycles. The summed E-state index contributed by atoms with van der Waals surface area (Å²) in [7, 11) is 1.81. The van der Waals surface area contributed by atoms with Crippen LogP contribution in [0.1, 0.15) is 18.0 Å². The second-order valence-electron chi connectivity index (χ2n) is 4.56. The molecule has 0 aromatic heterocycles. The van der Waals surface area contributed by atoms with E-state index in [4.69, 9.17) is 9.84 Å². The van der Waals surface area contributed by atoms with E-state index in [1.807, 2.05) is 31.3 Å². The molecule has 2 N–H and O–H groups in total. The first-order chi connectivity index (χ1) is 9.24. The lowest BCUT2D eigenvalue weighted by Crippen LogP contribution is -2.38. The Kier molecular flexibility index (Phi) is 4.90. The first-order valence-electron chi connectivity index (χ1n) is 6.51. The molecule has 5 nitrogen and oxygen atoms in total. The van der Waals surface area contributed by atoms with Gasteiger partial charge in [-0.15, -0.1) is 0 Å². The van der Waals surface area contributed by atoms with Crippen molar-refractivity contribution < 1.29 is 14.6 Å². The summed E-state index contributed by atoms with van der Waals surface area (Å²) in [5.41, 5.74) is 2.11. The third kappa shape index (κ3) is 3.32. The van der Waals surface area contributed by atoms with Crippen molar-refractivity contribution in [2.45, 2.75) is 12.5 Å². The van der Waals surface area contributed by atoms with Crippen molar-refractivity contribution in [1.82, 2.24) is 5.32 Å². The van der Waals surface area contributed by atoms with E-state index in [1.165, 1.54) is 0 Å². The molecule has 1 aliphatic heterocycles. The van der Waals surface area contributed by atoms with Gasteiger partial charge in [-0.3, -0.25) is 4.79 Å². The van der Waals surface area contributed by atoms with Crippen molar-refractivity contribution in [3.8, 4) is 0 Å². The summed E-state index contributed by atoms with van der Waals surface area (Å²) in [6, 6.07) is 7.97. The van der Waals surface area contributed by atoms with Gasteiger partial charge in [0.15, 0.2) is 0 Å². The molecule has 2 rings (SSSR count). The number of fused-ring (bicyclic) bond motifs is 1. The minimum absolute atomic E-state index is 0.0372. The van der Waals surface area contributed by atoms with Crippen molar-refractivity contribution in [1.29, 1.82) is 0 Å². The zero-order chi connectivity index (χ0) is 13.7. The van der Waals surface area contributed by atoms with E-state index < -0.39 is 0 Å². The maximum atomic E-state index is 11.9. The van der Waals surface area contributed by atoms with Gasteiger partial charge in [0.05, 0.1) is 19.8 Å². The van der Waals surface area contributed by atoms with E-state index in [-0.39, 0.29) is 18.6 Å². The molecular weight excluding hydrogens is 244 g/mol. The van der Waals surface area contributed by atoms with Crippen molar-refractivity contribution in [2.75, 3.05) is 38.3 Å². The van der Waals surface area contributed by atoms with E-state index in [2.05, 4.69) is 5.32 Å². The van der Waals surface area contributed by atoms with E-state index >= 15 is 0 Å². The van der Waals surface area contributed by atoms with Gasteiger partial charge in [0, 0.05) is 31.7 Å². The molecule has 0 saturated heterocycles. The van der Waals surface area contributed by atoms with Crippen LogP contribution in [0, 0.1) is 0 Å². The highest BCUT2D eigenvalue weighted by molar-refractivity contribution is 5.96. The molecule has 1 unspecified atom stereocenters. The molecule has 0 radical (unpaired) electrons. The Hall–Kier alpha value is -1.43. The Bertz CT molecular complexity index is 436. The number of nitrogens with one attached hydrogen (secondary N) is 1. The maximum Gasteiger partial charge on any atom is 0.228 e. The Morgan fingerprint density at radius 1 is 1.42 bits per heavy atom. The molecule has 0 fully saturated rings. The summed E-state index contributed by atoms with van der Waals surface area (Å²) < 4.78 is 5.20. The van der Waals surface area contributed by atoms with Crippen molar-refractivity contribution in [3.63, 3.8) is 0 Å². The monoisotopic (exact) mass is 264 g/mol. The van der Waals surface area contributed by atoms with Crippen LogP contribution in [0.2, 0.25) is 0 Å². The van der Waals surface area contributed by atoms with E-state index in [0.717, 1.165) is 11.3 Å². The molecule has 5 heteroatoms. The second-order valence-corrected chi connectivity index (χ2v) is 4.56. The molecule has 1 atom stereocenters. The molecule has 0 saturated carbocycles. The minimum atomic E-state index is 0.0372. The zero-order valence-corrected chi connectivity index (χ0v) is 11.1. The fraction of sp³-hybridized carbons (Fsp3) is 0.500. The largest absolute Gasteiger partial charge is 0.394 e. The van der Waals surface area contributed by atoms with Gasteiger partial charge in [0.2, 0.25) is 5.91 Å². The summed E-state index contributed by atoms with van der Waals surface area (Å²) in [4.78, 5) is 13.6. The van der Waals surface area contributed by atoms with Crippen LogP contribution < -0.4 is 10.2 Å². The Labute approximate surface area is 113 Å². The highest BCUT2D eigenvalue weighted by Crippen LogP contribution is 2.33. The van der Waals surface area contributed by atoms with Gasteiger partial charge in [-0.05, 0) is 11.6 Å². The average Bonchev–Trinajstić information content (AvgIpc) is 2.44. The summed E-state index contributed by atoms with van der Waals surface area (Å²) in [5.74, 6) is 0.118. The molecular formula is C14H20N2O3. The fourth-order valence-electron chi connectivity index (χ4n) is 2.30. The van der Waals surface area contributed by atoms with E-state index in [1.54, 1.807) is 4.90 Å². The molecule has 19 heavy (non-hydrogen) atoms. The predicted octanol–water partition coefficient (Wildman–Crippen LogP) is 0.693. The number of hydrogen-bond donors (Lipinski definition) is 2. The number of aliphatic hydroxyl groups excluding tert-OH is 1. The van der Waals surface area contributed by atoms with Gasteiger partial charge in [0.1, 0.15) is 0 Å². The maximum absolute atomic E-state index is 11.9. The average molecular weight is 264 g/mol. The Morgan fingerprint density at radius 2 is 2.21 bits per heavy atom. The normalized spacial score (nSPS) is 18.5. The lowest BCUT2D eigenvalue weighted by Gasteiger charge is -2.32. The number of carbonyl (C=O) groups excluding carboxylic acids is 1. The second kappa shape index (κ2) is 6.65. The third-order valence-corrected chi connectivity index (χ3v) is 3.30. The number of para-hydroxylation sites is 1. The number of anilines is 1. The van der Waals surface area contributed by atoms with Crippen molar-refractivity contribution in [3.05, 3.63) is 29.8 Å². The number of ether oxygens (including phenoxy) is 1. The molecule has 1 aromatic rings. The van der Waals surface area contributed by atoms with E-state index in [9.17, 15) is 4.79 Å². The van der Waals surface area contributed by atoms with Gasteiger partial charge < -0.3 is 20.1 Å². The quantitative estimate of drug-likeness (QED) is 0.742. The van der Waals surface area contributed by atoms with Gasteiger partial charge in [-0.2, -0.15) is 0 Å². The van der Waals surface area contributed by atoms with Crippen LogP contribution in [0.15, 0.2) is 24.3 Å². The van der Waals surface area contributed by atoms with Crippen molar-refractivity contribution in [2.24, 2.45) is 0 Å². The molecule has 104 valence electrons. The highest BCUT2D eigenvalue weighted by atomic mass is 16.5. The molecule has 1 aromatic carbocycles. The highest BCUT2D eigenvalue weighted by Gasteiger charge is 2.28. The van der Waals surface area contributed by atoms with Crippen LogP contribution in [0.25, 0.3) is 0 Å². The molecule has 1 amide bonds. The fourth-order valence-corrected chi connectivity index (χ4v) is 2.30. The summed E-state index contributed by atoms with van der Waals surface area (Å²) >= 11 is 0. The minimum Gasteiger partial charge on any atom is -0.394 e. The van der Waals surface area contributed by atoms with Crippen molar-refractivity contribution >= 4 is 11.6 Å². The van der Waals surface area contributed by atoms with Crippen LogP contribution in [0.4, 0.5) is 5.69 Å². The first-order valence-corrected chi connectivity index (χ1v) is 6.51. The predicted molar refractivity (Wildman–Crippen MR) is 73.1 cm³/mol. The molecule has 1 aliphatic rings. The van der Waals surface area contributed by atoms with Gasteiger partial charge in [-0.25, -0.2) is 0 Å². The molecule has 0 bridgehead atoms. The van der Waals surface area contributed by atoms with Gasteiger partial charge in [-0.1, -0.05) is 18.2 Å². The van der Waals surface area contributed by atoms with Crippen LogP contribution in [0.5, 0.6) is 0 Å². The summed E-state index contributed by atoms with van der Waals surface area (Å²) in [6.07, 6.45) is 0.466. The number of benzene rings is 1. The standard InChI is InChI=1S/C14H20N2O3/c1-16-13-5-3-2-4-11(13)12(10-14(16)18)15-6-8-19-9-7-17/h2-5,12,15,17H,6-10H2,1H3. The van der Waals surface area contributed by atoms with E-state index in [0.29, 0.717) is 26.2 Å². The smallest absolute Gasteiger partial charge is 0.228 e. The van der Waals surface area contributed by atoms with Crippen LogP contribution in [-0.2, 0) is 9.53 Å². The van der Waals surface area contributed by atoms with Crippen LogP contribution >= 0.6 is 0 Å². The van der Waals surface area contributed by atoms with Crippen LogP contribution in [0.3, 0.4) is 0 Å². The lowest BCUT2D eigenvalue weighted by molar-refractivity contribution is -0.119. The Balaban J connectivity index is 1.98. The summed E-state index contributed by atoms with van der Waals surface area (Å²) in [6.45, 7) is 1.58. The van der Waals surface area contributed by atoms with Gasteiger partial charge in [0.25, 0.3) is 0 Å². The number of rotatable bonds is 6. The van der Waals surface area contributed by atoms with Gasteiger partial charge >= 0.3 is 0 Å². The lowest BCUT2D eigenvalue weighted by atomic mass is 9.96. The number of hydrogen-bond acceptors (Lipinski definition) is 4. The molecule has 0 spiro atoms. The number of amides is 1. The summed E-state index contributed by atoms with van der Waals surface area (Å²) in [5, 5.41) is 11.9. The Morgan fingerprint density at radius 3 is 3.00 bits per heavy atom. The number of carbonyl (C=O) groups is 1. The SMILES string of the molecule is CN1C(=O)CC(NCCOCCO)c2ccccc21.